The number of para-hydroxylation sites is 2. The van der Waals surface area contributed by atoms with Gasteiger partial charge in [-0.15, -0.1) is 11.3 Å². The normalized spacial score (nSPS) is 19.2. The average molecular weight is 533 g/mol. The third-order valence-corrected chi connectivity index (χ3v) is 8.23. The topological polar surface area (TPSA) is 61.1 Å². The Morgan fingerprint density at radius 2 is 1.64 bits per heavy atom. The Kier molecular flexibility index (Phi) is 5.19. The zero-order valence-corrected chi connectivity index (χ0v) is 21.8. The van der Waals surface area contributed by atoms with Gasteiger partial charge in [-0.2, -0.15) is 10.2 Å². The van der Waals surface area contributed by atoms with Gasteiger partial charge >= 0.3 is 0 Å². The van der Waals surface area contributed by atoms with Gasteiger partial charge in [0.25, 0.3) is 0 Å². The van der Waals surface area contributed by atoms with Crippen LogP contribution in [0.15, 0.2) is 102 Å². The molecule has 0 aliphatic carbocycles. The summed E-state index contributed by atoms with van der Waals surface area (Å²) >= 11 is 1.67. The van der Waals surface area contributed by atoms with E-state index in [1.54, 1.807) is 11.3 Å². The molecule has 0 saturated heterocycles. The molecular weight excluding hydrogens is 508 g/mol. The second-order valence-electron chi connectivity index (χ2n) is 9.70. The first-order valence-electron chi connectivity index (χ1n) is 13.0. The molecule has 5 heterocycles. The number of nitrogens with zero attached hydrogens (tertiary/aromatic N) is 4. The van der Waals surface area contributed by atoms with Crippen LogP contribution in [0.3, 0.4) is 0 Å². The molecule has 39 heavy (non-hydrogen) atoms. The van der Waals surface area contributed by atoms with Crippen LogP contribution in [0, 0.1) is 0 Å². The number of hydrogen-bond donors (Lipinski definition) is 0. The van der Waals surface area contributed by atoms with Crippen LogP contribution in [0.1, 0.15) is 35.4 Å². The Bertz CT molecular complexity index is 1700. The highest BCUT2D eigenvalue weighted by atomic mass is 32.1. The Hall–Kier alpha value is -4.56. The summed E-state index contributed by atoms with van der Waals surface area (Å²) in [6.45, 7) is 1.13. The molecule has 8 heteroatoms. The number of ether oxygens (including phenoxy) is 3. The average Bonchev–Trinajstić information content (AvgIpc) is 3.77. The van der Waals surface area contributed by atoms with E-state index in [1.165, 1.54) is 0 Å². The Morgan fingerprint density at radius 1 is 0.795 bits per heavy atom. The fourth-order valence-corrected chi connectivity index (χ4v) is 6.25. The number of thiophene rings is 1. The van der Waals surface area contributed by atoms with Gasteiger partial charge in [0, 0.05) is 23.7 Å². The maximum atomic E-state index is 6.72. The summed E-state index contributed by atoms with van der Waals surface area (Å²) in [5.74, 6) is 2.43. The summed E-state index contributed by atoms with van der Waals surface area (Å²) in [5.41, 5.74) is 6.04. The molecule has 192 valence electrons. The molecule has 3 aromatic carbocycles. The number of hydrogen-bond acceptors (Lipinski definition) is 7. The maximum Gasteiger partial charge on any atom is 0.217 e. The van der Waals surface area contributed by atoms with Crippen molar-refractivity contribution in [2.75, 3.05) is 13.2 Å². The second-order valence-corrected chi connectivity index (χ2v) is 10.7. The van der Waals surface area contributed by atoms with Crippen LogP contribution in [0.5, 0.6) is 17.2 Å². The van der Waals surface area contributed by atoms with E-state index in [0.717, 1.165) is 62.3 Å². The van der Waals surface area contributed by atoms with Gasteiger partial charge in [0.1, 0.15) is 24.7 Å². The van der Waals surface area contributed by atoms with Gasteiger partial charge in [-0.25, -0.2) is 9.69 Å². The quantitative estimate of drug-likeness (QED) is 0.261. The van der Waals surface area contributed by atoms with Crippen LogP contribution in [0.25, 0.3) is 16.3 Å². The second kappa shape index (κ2) is 9.03. The van der Waals surface area contributed by atoms with Crippen molar-refractivity contribution in [2.24, 2.45) is 5.10 Å². The summed E-state index contributed by atoms with van der Waals surface area (Å²) in [6, 6.07) is 28.7. The van der Waals surface area contributed by atoms with Crippen LogP contribution < -0.4 is 14.2 Å². The third-order valence-electron chi connectivity index (χ3n) is 7.36. The van der Waals surface area contributed by atoms with Crippen LogP contribution in [-0.4, -0.2) is 33.7 Å². The van der Waals surface area contributed by atoms with Crippen LogP contribution in [0.2, 0.25) is 0 Å². The summed E-state index contributed by atoms with van der Waals surface area (Å²) in [6.07, 6.45) is 2.41. The van der Waals surface area contributed by atoms with Crippen LogP contribution in [-0.2, 0) is 0 Å². The molecule has 3 aliphatic rings. The van der Waals surface area contributed by atoms with Gasteiger partial charge in [0.15, 0.2) is 11.5 Å². The Morgan fingerprint density at radius 3 is 2.51 bits per heavy atom. The third kappa shape index (κ3) is 3.79. The summed E-state index contributed by atoms with van der Waals surface area (Å²) in [4.78, 5) is 1.09. The minimum atomic E-state index is -0.436. The lowest BCUT2D eigenvalue weighted by molar-refractivity contribution is -0.0186. The van der Waals surface area contributed by atoms with Gasteiger partial charge in [-0.05, 0) is 47.8 Å². The molecule has 0 unspecified atom stereocenters. The van der Waals surface area contributed by atoms with Crippen molar-refractivity contribution < 1.29 is 14.2 Å². The fraction of sp³-hybridized carbons (Fsp3) is 0.161. The van der Waals surface area contributed by atoms with Crippen molar-refractivity contribution in [1.29, 1.82) is 0 Å². The van der Waals surface area contributed by atoms with E-state index < -0.39 is 6.23 Å². The molecule has 2 aromatic heterocycles. The van der Waals surface area contributed by atoms with E-state index in [4.69, 9.17) is 24.4 Å². The highest BCUT2D eigenvalue weighted by molar-refractivity contribution is 7.13. The SMILES string of the molecule is c1ccc(-n2cc([C@@H]3Oc4ccccc4[C@@H]4CC(c5ccc6c(c5)OCCO6)=NN43)c(-c3cccs3)n2)cc1. The summed E-state index contributed by atoms with van der Waals surface area (Å²) in [7, 11) is 0. The van der Waals surface area contributed by atoms with Gasteiger partial charge in [-0.1, -0.05) is 42.5 Å². The Balaban J connectivity index is 1.26. The number of hydrazone groups is 1. The lowest BCUT2D eigenvalue weighted by Gasteiger charge is -2.37. The lowest BCUT2D eigenvalue weighted by Crippen LogP contribution is -2.33. The highest BCUT2D eigenvalue weighted by Crippen LogP contribution is 2.49. The smallest absolute Gasteiger partial charge is 0.217 e. The molecule has 0 saturated carbocycles. The zero-order valence-electron chi connectivity index (χ0n) is 20.9. The first-order chi connectivity index (χ1) is 19.3. The molecule has 2 atom stereocenters. The van der Waals surface area contributed by atoms with E-state index in [0.29, 0.717) is 13.2 Å². The lowest BCUT2D eigenvalue weighted by atomic mass is 9.95. The van der Waals surface area contributed by atoms with Gasteiger partial charge < -0.3 is 14.2 Å². The van der Waals surface area contributed by atoms with Crippen LogP contribution >= 0.6 is 11.3 Å². The first kappa shape index (κ1) is 22.4. The van der Waals surface area contributed by atoms with E-state index >= 15 is 0 Å². The van der Waals surface area contributed by atoms with E-state index in [2.05, 4.69) is 59.1 Å². The monoisotopic (exact) mass is 532 g/mol. The molecule has 0 radical (unpaired) electrons. The predicted octanol–water partition coefficient (Wildman–Crippen LogP) is 6.61. The maximum absolute atomic E-state index is 6.72. The molecule has 3 aliphatic heterocycles. The van der Waals surface area contributed by atoms with Crippen molar-refractivity contribution in [1.82, 2.24) is 14.8 Å². The Labute approximate surface area is 229 Å². The minimum Gasteiger partial charge on any atom is -0.486 e. The van der Waals surface area contributed by atoms with E-state index in [9.17, 15) is 0 Å². The molecular formula is C31H24N4O3S. The van der Waals surface area contributed by atoms with E-state index in [1.807, 2.05) is 47.1 Å². The predicted molar refractivity (Wildman–Crippen MR) is 150 cm³/mol. The number of aromatic nitrogens is 2. The molecule has 0 amide bonds. The van der Waals surface area contributed by atoms with Crippen LogP contribution in [0.4, 0.5) is 0 Å². The van der Waals surface area contributed by atoms with Crippen molar-refractivity contribution in [2.45, 2.75) is 18.7 Å². The highest BCUT2D eigenvalue weighted by Gasteiger charge is 2.42. The molecule has 0 bridgehead atoms. The van der Waals surface area contributed by atoms with E-state index in [-0.39, 0.29) is 6.04 Å². The molecule has 7 nitrogen and oxygen atoms in total. The van der Waals surface area contributed by atoms with Gasteiger partial charge in [0.2, 0.25) is 6.23 Å². The van der Waals surface area contributed by atoms with Crippen molar-refractivity contribution in [3.05, 3.63) is 113 Å². The van der Waals surface area contributed by atoms with Crippen molar-refractivity contribution in [3.8, 4) is 33.5 Å². The molecule has 0 N–H and O–H groups in total. The first-order valence-corrected chi connectivity index (χ1v) is 13.9. The largest absolute Gasteiger partial charge is 0.486 e. The van der Waals surface area contributed by atoms with Gasteiger partial charge in [-0.3, -0.25) is 0 Å². The molecule has 5 aromatic rings. The summed E-state index contributed by atoms with van der Waals surface area (Å²) in [5, 5.41) is 14.4. The minimum absolute atomic E-state index is 0.0411. The number of rotatable bonds is 4. The van der Waals surface area contributed by atoms with Gasteiger partial charge in [0.05, 0.1) is 27.9 Å². The van der Waals surface area contributed by atoms with Crippen molar-refractivity contribution in [3.63, 3.8) is 0 Å². The fourth-order valence-electron chi connectivity index (χ4n) is 5.52. The van der Waals surface area contributed by atoms with Crippen molar-refractivity contribution >= 4 is 17.0 Å². The number of fused-ring (bicyclic) bond motifs is 4. The standard InChI is InChI=1S/C31H24N4O3S/c1-2-7-21(8-3-1)34-19-23(30(33-34)29-11-6-16-39-29)31-35-25(22-9-4-5-10-26(22)38-31)18-24(32-35)20-12-13-27-28(17-20)37-15-14-36-27/h1-13,16-17,19,25,31H,14-15,18H2/t25-,31-/m0/s1. The molecule has 8 rings (SSSR count). The number of benzene rings is 3. The molecule has 0 spiro atoms. The summed E-state index contributed by atoms with van der Waals surface area (Å²) < 4.78 is 20.3. The molecule has 0 fully saturated rings. The zero-order chi connectivity index (χ0) is 25.8.